The summed E-state index contributed by atoms with van der Waals surface area (Å²) in [6, 6.07) is 4.32. The molecule has 0 bridgehead atoms. The third kappa shape index (κ3) is 4.53. The molecular weight excluding hydrogens is 260 g/mol. The van der Waals surface area contributed by atoms with Gasteiger partial charge in [0.1, 0.15) is 0 Å². The molecule has 0 amide bonds. The summed E-state index contributed by atoms with van der Waals surface area (Å²) in [5, 5.41) is 10.6. The topological polar surface area (TPSA) is 26.7 Å². The van der Waals surface area contributed by atoms with Gasteiger partial charge in [-0.05, 0) is 70.4 Å². The molecule has 0 aliphatic carbocycles. The minimum Gasteiger partial charge on any atom is -0.387 e. The average Bonchev–Trinajstić information content (AvgIpc) is 2.88. The van der Waals surface area contributed by atoms with Crippen LogP contribution in [-0.2, 0) is 0 Å². The third-order valence-corrected chi connectivity index (χ3v) is 4.55. The molecule has 1 N–H and O–H groups in total. The lowest BCUT2D eigenvalue weighted by molar-refractivity contribution is 0.120. The molecule has 21 heavy (non-hydrogen) atoms. The molecule has 1 saturated heterocycles. The van der Waals surface area contributed by atoms with Crippen molar-refractivity contribution in [3.63, 3.8) is 0 Å². The van der Waals surface area contributed by atoms with Gasteiger partial charge in [0.25, 0.3) is 0 Å². The molecule has 2 rings (SSSR count). The van der Waals surface area contributed by atoms with Crippen LogP contribution in [0.1, 0.15) is 41.2 Å². The summed E-state index contributed by atoms with van der Waals surface area (Å²) in [6.07, 6.45) is 2.29. The molecule has 1 aliphatic heterocycles. The first-order valence-electron chi connectivity index (χ1n) is 8.14. The molecule has 0 saturated carbocycles. The van der Waals surface area contributed by atoms with E-state index >= 15 is 0 Å². The highest BCUT2D eigenvalue weighted by Crippen LogP contribution is 2.24. The van der Waals surface area contributed by atoms with Crippen LogP contribution in [0.15, 0.2) is 12.1 Å². The summed E-state index contributed by atoms with van der Waals surface area (Å²) in [4.78, 5) is 4.77. The largest absolute Gasteiger partial charge is 0.387 e. The van der Waals surface area contributed by atoms with Gasteiger partial charge < -0.3 is 14.9 Å². The lowest BCUT2D eigenvalue weighted by atomic mass is 9.95. The maximum absolute atomic E-state index is 10.6. The average molecular weight is 290 g/mol. The number of hydrogen-bond acceptors (Lipinski definition) is 3. The van der Waals surface area contributed by atoms with E-state index in [4.69, 9.17) is 0 Å². The predicted octanol–water partition coefficient (Wildman–Crippen LogP) is 2.67. The maximum atomic E-state index is 10.6. The van der Waals surface area contributed by atoms with E-state index in [0.717, 1.165) is 18.7 Å². The van der Waals surface area contributed by atoms with E-state index in [1.165, 1.54) is 42.6 Å². The number of aliphatic hydroxyl groups is 1. The van der Waals surface area contributed by atoms with E-state index in [2.05, 4.69) is 49.8 Å². The van der Waals surface area contributed by atoms with E-state index in [1.54, 1.807) is 0 Å². The second-order valence-electron chi connectivity index (χ2n) is 6.64. The Bertz CT molecular complexity index is 443. The highest BCUT2D eigenvalue weighted by atomic mass is 16.3. The zero-order valence-corrected chi connectivity index (χ0v) is 14.0. The van der Waals surface area contributed by atoms with Crippen LogP contribution in [-0.4, -0.2) is 54.7 Å². The fourth-order valence-corrected chi connectivity index (χ4v) is 3.51. The van der Waals surface area contributed by atoms with Crippen molar-refractivity contribution < 1.29 is 5.11 Å². The van der Waals surface area contributed by atoms with Gasteiger partial charge in [0.05, 0.1) is 6.10 Å². The number of nitrogens with zero attached hydrogens (tertiary/aromatic N) is 2. The second kappa shape index (κ2) is 7.39. The van der Waals surface area contributed by atoms with E-state index in [1.807, 2.05) is 0 Å². The first kappa shape index (κ1) is 16.5. The molecule has 1 aromatic rings. The van der Waals surface area contributed by atoms with Crippen molar-refractivity contribution in [1.82, 2.24) is 9.80 Å². The highest BCUT2D eigenvalue weighted by molar-refractivity contribution is 5.39. The summed E-state index contributed by atoms with van der Waals surface area (Å²) >= 11 is 0. The van der Waals surface area contributed by atoms with Gasteiger partial charge in [-0.2, -0.15) is 0 Å². The fourth-order valence-electron chi connectivity index (χ4n) is 3.51. The molecule has 0 radical (unpaired) electrons. The molecule has 1 aromatic carbocycles. The van der Waals surface area contributed by atoms with Crippen LogP contribution in [0.2, 0.25) is 0 Å². The fraction of sp³-hybridized carbons (Fsp3) is 0.667. The van der Waals surface area contributed by atoms with Crippen LogP contribution in [0.3, 0.4) is 0 Å². The Labute approximate surface area is 129 Å². The zero-order chi connectivity index (χ0) is 15.4. The molecule has 3 heteroatoms. The van der Waals surface area contributed by atoms with Crippen LogP contribution in [0, 0.1) is 20.8 Å². The smallest absolute Gasteiger partial charge is 0.0921 e. The molecule has 1 atom stereocenters. The van der Waals surface area contributed by atoms with Crippen molar-refractivity contribution in [3.8, 4) is 0 Å². The number of likely N-dealkylation sites (N-methyl/N-ethyl adjacent to an activating group) is 1. The van der Waals surface area contributed by atoms with Crippen molar-refractivity contribution >= 4 is 0 Å². The van der Waals surface area contributed by atoms with Gasteiger partial charge in [-0.1, -0.05) is 17.7 Å². The number of rotatable bonds is 6. The molecule has 3 nitrogen and oxygen atoms in total. The number of aliphatic hydroxyl groups excluding tert-OH is 1. The SMILES string of the molecule is Cc1cc(C)c(C(O)CN(C)CCN2CCCC2)c(C)c1. The predicted molar refractivity (Wildman–Crippen MR) is 88.8 cm³/mol. The van der Waals surface area contributed by atoms with Gasteiger partial charge >= 0.3 is 0 Å². The van der Waals surface area contributed by atoms with Crippen molar-refractivity contribution in [2.45, 2.75) is 39.7 Å². The molecule has 118 valence electrons. The first-order valence-corrected chi connectivity index (χ1v) is 8.14. The maximum Gasteiger partial charge on any atom is 0.0921 e. The van der Waals surface area contributed by atoms with E-state index in [-0.39, 0.29) is 0 Å². The minimum absolute atomic E-state index is 0.394. The standard InChI is InChI=1S/C18H30N2O/c1-14-11-15(2)18(16(3)12-14)17(21)13-19(4)9-10-20-7-5-6-8-20/h11-12,17,21H,5-10,13H2,1-4H3. The van der Waals surface area contributed by atoms with Crippen LogP contribution in [0.5, 0.6) is 0 Å². The molecule has 1 unspecified atom stereocenters. The summed E-state index contributed by atoms with van der Waals surface area (Å²) in [5.74, 6) is 0. The zero-order valence-electron chi connectivity index (χ0n) is 14.0. The van der Waals surface area contributed by atoms with Crippen LogP contribution >= 0.6 is 0 Å². The quantitative estimate of drug-likeness (QED) is 0.872. The van der Waals surface area contributed by atoms with Crippen LogP contribution in [0.25, 0.3) is 0 Å². The Kier molecular flexibility index (Phi) is 5.80. The van der Waals surface area contributed by atoms with Crippen LogP contribution in [0.4, 0.5) is 0 Å². The van der Waals surface area contributed by atoms with Gasteiger partial charge in [-0.25, -0.2) is 0 Å². The Balaban J connectivity index is 1.89. The van der Waals surface area contributed by atoms with E-state index in [0.29, 0.717) is 6.54 Å². The minimum atomic E-state index is -0.394. The van der Waals surface area contributed by atoms with Crippen molar-refractivity contribution in [2.75, 3.05) is 39.8 Å². The Morgan fingerprint density at radius 2 is 1.71 bits per heavy atom. The molecule has 0 spiro atoms. The van der Waals surface area contributed by atoms with Gasteiger partial charge in [0.2, 0.25) is 0 Å². The van der Waals surface area contributed by atoms with Gasteiger partial charge in [0, 0.05) is 19.6 Å². The number of likely N-dealkylation sites (tertiary alicyclic amines) is 1. The van der Waals surface area contributed by atoms with Crippen molar-refractivity contribution in [2.24, 2.45) is 0 Å². The molecule has 1 heterocycles. The summed E-state index contributed by atoms with van der Waals surface area (Å²) in [5.41, 5.74) is 4.78. The molecular formula is C18H30N2O. The molecule has 1 fully saturated rings. The monoisotopic (exact) mass is 290 g/mol. The summed E-state index contributed by atoms with van der Waals surface area (Å²) in [6.45, 7) is 11.7. The summed E-state index contributed by atoms with van der Waals surface area (Å²) in [7, 11) is 2.11. The van der Waals surface area contributed by atoms with Gasteiger partial charge in [-0.15, -0.1) is 0 Å². The third-order valence-electron chi connectivity index (χ3n) is 4.55. The lowest BCUT2D eigenvalue weighted by Crippen LogP contribution is -2.34. The van der Waals surface area contributed by atoms with Crippen LogP contribution < -0.4 is 0 Å². The number of aryl methyl sites for hydroxylation is 3. The molecule has 1 aliphatic rings. The second-order valence-corrected chi connectivity index (χ2v) is 6.64. The Morgan fingerprint density at radius 3 is 2.29 bits per heavy atom. The number of benzene rings is 1. The van der Waals surface area contributed by atoms with Crippen molar-refractivity contribution in [3.05, 3.63) is 34.4 Å². The van der Waals surface area contributed by atoms with E-state index < -0.39 is 6.10 Å². The van der Waals surface area contributed by atoms with Gasteiger partial charge in [0.15, 0.2) is 0 Å². The van der Waals surface area contributed by atoms with Crippen molar-refractivity contribution in [1.29, 1.82) is 0 Å². The number of hydrogen-bond donors (Lipinski definition) is 1. The Hall–Kier alpha value is -0.900. The first-order chi connectivity index (χ1) is 9.97. The van der Waals surface area contributed by atoms with E-state index in [9.17, 15) is 5.11 Å². The lowest BCUT2D eigenvalue weighted by Gasteiger charge is -2.25. The molecule has 0 aromatic heterocycles. The summed E-state index contributed by atoms with van der Waals surface area (Å²) < 4.78 is 0. The highest BCUT2D eigenvalue weighted by Gasteiger charge is 2.17. The van der Waals surface area contributed by atoms with Gasteiger partial charge in [-0.3, -0.25) is 0 Å². The Morgan fingerprint density at radius 1 is 1.14 bits per heavy atom. The normalized spacial score (nSPS) is 17.6.